The summed E-state index contributed by atoms with van der Waals surface area (Å²) in [6, 6.07) is 3.32. The van der Waals surface area contributed by atoms with Crippen molar-refractivity contribution in [2.24, 2.45) is 0 Å². The van der Waals surface area contributed by atoms with Crippen LogP contribution in [0.25, 0.3) is 0 Å². The molecule has 0 aliphatic carbocycles. The fraction of sp³-hybridized carbons (Fsp3) is 0.600. The minimum atomic E-state index is -1.06. The zero-order chi connectivity index (χ0) is 14.3. The van der Waals surface area contributed by atoms with E-state index in [1.54, 1.807) is 0 Å². The molecular weight excluding hydrogens is 282 g/mol. The van der Waals surface area contributed by atoms with Gasteiger partial charge in [0.1, 0.15) is 11.6 Å². The van der Waals surface area contributed by atoms with Crippen molar-refractivity contribution in [1.82, 2.24) is 0 Å². The van der Waals surface area contributed by atoms with Crippen molar-refractivity contribution in [3.63, 3.8) is 0 Å². The second-order valence-corrected chi connectivity index (χ2v) is 8.04. The molecule has 5 heteroatoms. The van der Waals surface area contributed by atoms with E-state index in [0.29, 0.717) is 12.8 Å². The first kappa shape index (κ1) is 14.1. The second-order valence-electron chi connectivity index (χ2n) is 6.05. The van der Waals surface area contributed by atoms with Gasteiger partial charge in [0.2, 0.25) is 0 Å². The van der Waals surface area contributed by atoms with E-state index < -0.39 is 28.0 Å². The lowest BCUT2D eigenvalue weighted by Crippen LogP contribution is -2.50. The molecule has 2 nitrogen and oxygen atoms in total. The summed E-state index contributed by atoms with van der Waals surface area (Å²) in [4.78, 5) is 0. The molecule has 2 heterocycles. The lowest BCUT2D eigenvalue weighted by atomic mass is 9.81. The number of hydrogen-bond acceptors (Lipinski definition) is 2. The van der Waals surface area contributed by atoms with Gasteiger partial charge < -0.3 is 5.11 Å². The number of halogens is 2. The minimum absolute atomic E-state index is 0.00382. The van der Waals surface area contributed by atoms with Crippen molar-refractivity contribution in [2.75, 3.05) is 0 Å². The van der Waals surface area contributed by atoms with Gasteiger partial charge in [-0.2, -0.15) is 0 Å². The second kappa shape index (κ2) is 5.19. The number of hydrogen-bond donors (Lipinski definition) is 1. The topological polar surface area (TPSA) is 37.3 Å². The van der Waals surface area contributed by atoms with Crippen LogP contribution < -0.4 is 0 Å². The fourth-order valence-electron chi connectivity index (χ4n) is 3.55. The van der Waals surface area contributed by atoms with E-state index in [1.165, 1.54) is 0 Å². The van der Waals surface area contributed by atoms with E-state index in [1.807, 2.05) is 0 Å². The van der Waals surface area contributed by atoms with Crippen LogP contribution in [0.4, 0.5) is 8.78 Å². The molecular formula is C15H18F2O2S. The summed E-state index contributed by atoms with van der Waals surface area (Å²) in [6.45, 7) is 0. The molecule has 110 valence electrons. The van der Waals surface area contributed by atoms with Crippen LogP contribution in [0, 0.1) is 11.6 Å². The standard InChI is InChI=1S/C15H18F2O2S/c16-11-4-5-14(17)10(6-11)7-15(18)8-12-2-1-3-13(9-15)20(12)19/h4-6,12-13,18H,1-3,7-9H2. The van der Waals surface area contributed by atoms with E-state index in [9.17, 15) is 18.1 Å². The van der Waals surface area contributed by atoms with E-state index in [4.69, 9.17) is 0 Å². The quantitative estimate of drug-likeness (QED) is 0.912. The predicted octanol–water partition coefficient (Wildman–Crippen LogP) is 2.70. The highest BCUT2D eigenvalue weighted by Gasteiger charge is 2.45. The molecule has 1 N–H and O–H groups in total. The normalized spacial score (nSPS) is 36.9. The first-order valence-corrected chi connectivity index (χ1v) is 8.30. The Kier molecular flexibility index (Phi) is 3.67. The van der Waals surface area contributed by atoms with E-state index in [2.05, 4.69) is 0 Å². The van der Waals surface area contributed by atoms with Gasteiger partial charge in [0.15, 0.2) is 0 Å². The average Bonchev–Trinajstić information content (AvgIpc) is 2.36. The Morgan fingerprint density at radius 3 is 2.55 bits per heavy atom. The molecule has 2 fully saturated rings. The summed E-state index contributed by atoms with van der Waals surface area (Å²) in [5, 5.41) is 10.7. The first-order valence-electron chi connectivity index (χ1n) is 7.02. The maximum atomic E-state index is 13.7. The zero-order valence-electron chi connectivity index (χ0n) is 11.1. The highest BCUT2D eigenvalue weighted by molar-refractivity contribution is 7.86. The fourth-order valence-corrected chi connectivity index (χ4v) is 5.85. The highest BCUT2D eigenvalue weighted by atomic mass is 32.2. The van der Waals surface area contributed by atoms with E-state index in [0.717, 1.165) is 37.5 Å². The van der Waals surface area contributed by atoms with Crippen molar-refractivity contribution in [3.8, 4) is 0 Å². The number of rotatable bonds is 2. The maximum Gasteiger partial charge on any atom is 0.126 e. The van der Waals surface area contributed by atoms with Gasteiger partial charge >= 0.3 is 0 Å². The van der Waals surface area contributed by atoms with Crippen molar-refractivity contribution in [2.45, 2.75) is 54.6 Å². The van der Waals surface area contributed by atoms with Crippen molar-refractivity contribution in [1.29, 1.82) is 0 Å². The Bertz CT molecular complexity index is 531. The zero-order valence-corrected chi connectivity index (χ0v) is 12.0. The molecule has 2 aliphatic rings. The molecule has 2 bridgehead atoms. The highest BCUT2D eigenvalue weighted by Crippen LogP contribution is 2.41. The summed E-state index contributed by atoms with van der Waals surface area (Å²) < 4.78 is 39.1. The number of aliphatic hydroxyl groups is 1. The minimum Gasteiger partial charge on any atom is -0.389 e. The van der Waals surface area contributed by atoms with Crippen LogP contribution in [0.15, 0.2) is 18.2 Å². The van der Waals surface area contributed by atoms with E-state index >= 15 is 0 Å². The van der Waals surface area contributed by atoms with Crippen molar-refractivity contribution in [3.05, 3.63) is 35.4 Å². The van der Waals surface area contributed by atoms with Crippen LogP contribution in [0.5, 0.6) is 0 Å². The average molecular weight is 300 g/mol. The third-order valence-electron chi connectivity index (χ3n) is 4.45. The number of fused-ring (bicyclic) bond motifs is 2. The third-order valence-corrected chi connectivity index (χ3v) is 6.57. The molecule has 1 aromatic rings. The summed E-state index contributed by atoms with van der Waals surface area (Å²) >= 11 is 0. The Hall–Kier alpha value is -0.810. The maximum absolute atomic E-state index is 13.7. The van der Waals surface area contributed by atoms with Crippen LogP contribution in [-0.2, 0) is 17.2 Å². The SMILES string of the molecule is O=S1C2CCCC1CC(O)(Cc1cc(F)ccc1F)C2. The van der Waals surface area contributed by atoms with Crippen LogP contribution >= 0.6 is 0 Å². The van der Waals surface area contributed by atoms with Gasteiger partial charge in [-0.05, 0) is 49.4 Å². The Balaban J connectivity index is 1.83. The van der Waals surface area contributed by atoms with Crippen molar-refractivity contribution >= 4 is 10.8 Å². The molecule has 0 radical (unpaired) electrons. The van der Waals surface area contributed by atoms with Crippen LogP contribution in [0.1, 0.15) is 37.7 Å². The van der Waals surface area contributed by atoms with Crippen LogP contribution in [-0.4, -0.2) is 25.4 Å². The number of benzene rings is 1. The summed E-state index contributed by atoms with van der Waals surface area (Å²) in [5.41, 5.74) is -0.851. The summed E-state index contributed by atoms with van der Waals surface area (Å²) in [6.07, 6.45) is 3.71. The molecule has 2 saturated heterocycles. The van der Waals surface area contributed by atoms with Gasteiger partial charge in [0.25, 0.3) is 0 Å². The van der Waals surface area contributed by atoms with Gasteiger partial charge in [-0.15, -0.1) is 0 Å². The smallest absolute Gasteiger partial charge is 0.126 e. The summed E-state index contributed by atoms with van der Waals surface area (Å²) in [7, 11) is -0.878. The largest absolute Gasteiger partial charge is 0.389 e. The molecule has 2 unspecified atom stereocenters. The van der Waals surface area contributed by atoms with Crippen molar-refractivity contribution < 1.29 is 18.1 Å². The van der Waals surface area contributed by atoms with Gasteiger partial charge in [0.05, 0.1) is 5.60 Å². The lowest BCUT2D eigenvalue weighted by molar-refractivity contribution is 0.0106. The molecule has 2 aliphatic heterocycles. The van der Waals surface area contributed by atoms with Crippen LogP contribution in [0.3, 0.4) is 0 Å². The van der Waals surface area contributed by atoms with Gasteiger partial charge in [0, 0.05) is 27.7 Å². The monoisotopic (exact) mass is 300 g/mol. The molecule has 0 aromatic heterocycles. The lowest BCUT2D eigenvalue weighted by Gasteiger charge is -2.43. The Morgan fingerprint density at radius 2 is 1.90 bits per heavy atom. The summed E-state index contributed by atoms with van der Waals surface area (Å²) in [5.74, 6) is -0.985. The third kappa shape index (κ3) is 2.66. The van der Waals surface area contributed by atoms with E-state index in [-0.39, 0.29) is 22.5 Å². The Labute approximate surface area is 119 Å². The van der Waals surface area contributed by atoms with Gasteiger partial charge in [-0.25, -0.2) is 8.78 Å². The van der Waals surface area contributed by atoms with Crippen LogP contribution in [0.2, 0.25) is 0 Å². The molecule has 2 atom stereocenters. The first-order chi connectivity index (χ1) is 9.47. The predicted molar refractivity (Wildman–Crippen MR) is 73.8 cm³/mol. The molecule has 1 aromatic carbocycles. The van der Waals surface area contributed by atoms with Gasteiger partial charge in [-0.3, -0.25) is 4.21 Å². The Morgan fingerprint density at radius 1 is 1.25 bits per heavy atom. The molecule has 0 amide bonds. The molecule has 3 rings (SSSR count). The molecule has 0 saturated carbocycles. The van der Waals surface area contributed by atoms with Gasteiger partial charge in [-0.1, -0.05) is 6.42 Å². The molecule has 20 heavy (non-hydrogen) atoms. The molecule has 0 spiro atoms.